The molecule has 0 aliphatic carbocycles. The van der Waals surface area contributed by atoms with E-state index in [0.717, 1.165) is 15.6 Å². The number of rotatable bonds is 19. The lowest BCUT2D eigenvalue weighted by Gasteiger charge is -2.30. The first kappa shape index (κ1) is 35.4. The largest absolute Gasteiger partial charge is 0.505 e. The van der Waals surface area contributed by atoms with E-state index in [0.29, 0.717) is 0 Å². The monoisotopic (exact) mass is 527 g/mol. The third-order valence-electron chi connectivity index (χ3n) is 6.80. The van der Waals surface area contributed by atoms with Gasteiger partial charge in [-0.3, -0.25) is 0 Å². The van der Waals surface area contributed by atoms with Crippen molar-refractivity contribution >= 4 is 28.3 Å². The summed E-state index contributed by atoms with van der Waals surface area (Å²) in [5.74, 6) is 0. The molecule has 0 saturated carbocycles. The van der Waals surface area contributed by atoms with Crippen LogP contribution in [-0.2, 0) is 11.1 Å². The molecule has 2 aromatic rings. The van der Waals surface area contributed by atoms with Crippen molar-refractivity contribution in [3.63, 3.8) is 0 Å². The minimum Gasteiger partial charge on any atom is -0.345 e. The van der Waals surface area contributed by atoms with Gasteiger partial charge >= 0.3 is 19.3 Å². The highest BCUT2D eigenvalue weighted by Gasteiger charge is 2.14. The molecule has 202 valence electrons. The van der Waals surface area contributed by atoms with Crippen molar-refractivity contribution in [3.05, 3.63) is 71.8 Å². The number of hydrogen-bond acceptors (Lipinski definition) is 1. The summed E-state index contributed by atoms with van der Waals surface area (Å²) in [5.41, 5.74) is 2.84. The molecule has 36 heavy (non-hydrogen) atoms. The molecule has 3 N–H and O–H groups in total. The second kappa shape index (κ2) is 24.7. The number of benzene rings is 2. The molecule has 0 aliphatic heterocycles. The highest BCUT2D eigenvalue weighted by molar-refractivity contribution is 6.93. The smallest absolute Gasteiger partial charge is 0.345 e. The van der Waals surface area contributed by atoms with Gasteiger partial charge < -0.3 is 19.7 Å². The van der Waals surface area contributed by atoms with E-state index < -0.39 is 0 Å². The van der Waals surface area contributed by atoms with Gasteiger partial charge in [-0.25, -0.2) is 0 Å². The van der Waals surface area contributed by atoms with Crippen LogP contribution in [-0.4, -0.2) is 44.4 Å². The van der Waals surface area contributed by atoms with Crippen LogP contribution in [0, 0.1) is 0 Å². The molecule has 0 saturated heterocycles. The van der Waals surface area contributed by atoms with Gasteiger partial charge in [0.15, 0.2) is 0 Å². The first-order chi connectivity index (χ1) is 17.1. The summed E-state index contributed by atoms with van der Waals surface area (Å²) >= 11 is -0.312. The number of halogens is 1. The summed E-state index contributed by atoms with van der Waals surface area (Å²) in [7, 11) is 10.4. The van der Waals surface area contributed by atoms with Gasteiger partial charge in [0.25, 0.3) is 0 Å². The van der Waals surface area contributed by atoms with Crippen LogP contribution < -0.4 is 6.15 Å². The molecule has 0 bridgehead atoms. The van der Waals surface area contributed by atoms with E-state index in [-0.39, 0.29) is 25.4 Å². The number of unbranched alkanes of at least 4 members (excludes halogenated alkanes) is 13. The maximum Gasteiger partial charge on any atom is 0.505 e. The molecule has 0 radical (unpaired) electrons. The van der Waals surface area contributed by atoms with Gasteiger partial charge in [-0.1, -0.05) is 155 Å². The maximum absolute atomic E-state index is 5.67. The van der Waals surface area contributed by atoms with E-state index in [9.17, 15) is 0 Å². The van der Waals surface area contributed by atoms with Gasteiger partial charge in [0, 0.05) is 5.56 Å². The number of hydrogen-bond donors (Lipinski definition) is 1. The molecule has 0 unspecified atom stereocenters. The van der Waals surface area contributed by atoms with E-state index in [1.54, 1.807) is 0 Å². The molecule has 0 heterocycles. The Bertz CT molecular complexity index is 694. The van der Waals surface area contributed by atoms with Gasteiger partial charge in [-0.05, 0) is 12.8 Å². The molecule has 0 amide bonds. The predicted octanol–water partition coefficient (Wildman–Crippen LogP) is 9.95. The third-order valence-corrected chi connectivity index (χ3v) is 8.13. The predicted molar refractivity (Wildman–Crippen MR) is 164 cm³/mol. The van der Waals surface area contributed by atoms with Crippen LogP contribution in [0.25, 0.3) is 0 Å². The summed E-state index contributed by atoms with van der Waals surface area (Å²) in [6.45, 7) is 4.75. The highest BCUT2D eigenvalue weighted by atomic mass is 35.5. The van der Waals surface area contributed by atoms with Gasteiger partial charge in [0.2, 0.25) is 0 Å². The molecule has 0 spiro atoms. The Balaban J connectivity index is 0.00000103. The fraction of sp³-hybridized carbons (Fsp3) is 0.625. The maximum atomic E-state index is 5.67. The van der Waals surface area contributed by atoms with Gasteiger partial charge in [-0.2, -0.15) is 0 Å². The quantitative estimate of drug-likeness (QED) is 0.110. The van der Waals surface area contributed by atoms with E-state index in [1.807, 2.05) is 6.07 Å². The number of nitrogens with zero attached hydrogens (tertiary/aromatic N) is 1. The molecule has 0 aromatic heterocycles. The average Bonchev–Trinajstić information content (AvgIpc) is 2.86. The fourth-order valence-corrected chi connectivity index (χ4v) is 5.85. The Labute approximate surface area is 238 Å². The van der Waals surface area contributed by atoms with E-state index in [2.05, 4.69) is 75.6 Å². The van der Waals surface area contributed by atoms with Crippen molar-refractivity contribution < 1.29 is 4.48 Å². The van der Waals surface area contributed by atoms with Crippen molar-refractivity contribution in [2.75, 3.05) is 20.6 Å². The lowest BCUT2D eigenvalue weighted by atomic mass is 10.0. The standard InChI is InChI=1S/C25H46N.C7H7.ClH.Mg.H3N/c1-4-5-6-7-8-9-10-11-12-13-14-15-16-20-23-26(2,3)24-25-21-18-17-19-22-25;1-7-5-3-2-4-6-7;;;/h17-19,21-22H,4-16,20,23-24H2,1-3H3;2-6H,1H2;1H;;1H3/q+1;;;+1;/p-1. The molecule has 0 aliphatic rings. The van der Waals surface area contributed by atoms with E-state index >= 15 is 0 Å². The Morgan fingerprint density at radius 3 is 1.39 bits per heavy atom. The summed E-state index contributed by atoms with van der Waals surface area (Å²) in [6.07, 6.45) is 20.2. The molecular weight excluding hydrogens is 472 g/mol. The minimum atomic E-state index is -0.312. The summed E-state index contributed by atoms with van der Waals surface area (Å²) in [4.78, 5) is 0. The third kappa shape index (κ3) is 21.5. The SMILES string of the molecule is CCCCCCCCCCCCCCCC[N+](C)(C)Cc1ccccc1.N.[Cl][Mg][CH2]c1ccccc1. The first-order valence-corrected chi connectivity index (χ1v) is 17.7. The van der Waals surface area contributed by atoms with Crippen LogP contribution in [0.15, 0.2) is 60.7 Å². The molecule has 0 fully saturated rings. The molecule has 2 nitrogen and oxygen atoms in total. The van der Waals surface area contributed by atoms with Gasteiger partial charge in [-0.15, -0.1) is 0 Å². The topological polar surface area (TPSA) is 35.0 Å². The highest BCUT2D eigenvalue weighted by Crippen LogP contribution is 2.15. The molecular formula is C32H56ClMgN2+. The van der Waals surface area contributed by atoms with Crippen molar-refractivity contribution in [1.29, 1.82) is 0 Å². The normalized spacial score (nSPS) is 10.7. The number of quaternary nitrogens is 1. The Kier molecular flexibility index (Phi) is 24.3. The molecule has 4 heteroatoms. The Hall–Kier alpha value is -0.584. The summed E-state index contributed by atoms with van der Waals surface area (Å²) in [5, 5.41) is 0. The zero-order chi connectivity index (χ0) is 25.5. The zero-order valence-corrected chi connectivity index (χ0v) is 26.2. The van der Waals surface area contributed by atoms with Crippen LogP contribution in [0.4, 0.5) is 0 Å². The van der Waals surface area contributed by atoms with Crippen LogP contribution >= 0.6 is 9.07 Å². The van der Waals surface area contributed by atoms with Crippen LogP contribution in [0.2, 0.25) is 0 Å². The fourth-order valence-electron chi connectivity index (χ4n) is 4.64. The lowest BCUT2D eigenvalue weighted by Crippen LogP contribution is -2.39. The van der Waals surface area contributed by atoms with Crippen LogP contribution in [0.5, 0.6) is 0 Å². The molecule has 2 aromatic carbocycles. The van der Waals surface area contributed by atoms with Crippen LogP contribution in [0.1, 0.15) is 108 Å². The zero-order valence-electron chi connectivity index (χ0n) is 24.0. The second-order valence-corrected chi connectivity index (χ2v) is 12.8. The average molecular weight is 529 g/mol. The van der Waals surface area contributed by atoms with Crippen LogP contribution in [0.3, 0.4) is 0 Å². The first-order valence-electron chi connectivity index (χ1n) is 14.5. The van der Waals surface area contributed by atoms with Crippen molar-refractivity contribution in [1.82, 2.24) is 6.15 Å². The minimum absolute atomic E-state index is 0. The van der Waals surface area contributed by atoms with Crippen molar-refractivity contribution in [3.8, 4) is 0 Å². The van der Waals surface area contributed by atoms with Crippen molar-refractivity contribution in [2.24, 2.45) is 0 Å². The Morgan fingerprint density at radius 1 is 0.583 bits per heavy atom. The van der Waals surface area contributed by atoms with E-state index in [4.69, 9.17) is 9.07 Å². The molecule has 0 atom stereocenters. The summed E-state index contributed by atoms with van der Waals surface area (Å²) in [6, 6.07) is 21.3. The summed E-state index contributed by atoms with van der Waals surface area (Å²) < 4.78 is 2.23. The van der Waals surface area contributed by atoms with Gasteiger partial charge in [0.1, 0.15) is 6.54 Å². The van der Waals surface area contributed by atoms with Crippen molar-refractivity contribution in [2.45, 2.75) is 108 Å². The Morgan fingerprint density at radius 2 is 0.972 bits per heavy atom. The molecule has 2 rings (SSSR count). The van der Waals surface area contributed by atoms with Gasteiger partial charge in [0.05, 0.1) is 20.6 Å². The van der Waals surface area contributed by atoms with E-state index in [1.165, 1.54) is 108 Å². The lowest BCUT2D eigenvalue weighted by molar-refractivity contribution is -0.903. The second-order valence-electron chi connectivity index (χ2n) is 10.8.